The molecule has 1 aromatic heterocycles. The van der Waals surface area contributed by atoms with Gasteiger partial charge in [-0.3, -0.25) is 4.79 Å². The minimum Gasteiger partial charge on any atom is -0.345 e. The van der Waals surface area contributed by atoms with Gasteiger partial charge in [-0.25, -0.2) is 0 Å². The van der Waals surface area contributed by atoms with E-state index in [0.717, 1.165) is 48.9 Å². The van der Waals surface area contributed by atoms with Gasteiger partial charge in [0, 0.05) is 38.0 Å². The molecule has 22 heavy (non-hydrogen) atoms. The van der Waals surface area contributed by atoms with E-state index in [1.54, 1.807) is 11.3 Å². The van der Waals surface area contributed by atoms with E-state index >= 15 is 0 Å². The van der Waals surface area contributed by atoms with Crippen molar-refractivity contribution in [3.63, 3.8) is 0 Å². The number of nitrogens with zero attached hydrogens (tertiary/aromatic N) is 4. The molecule has 2 heterocycles. The second kappa shape index (κ2) is 6.52. The fraction of sp³-hybridized carbons (Fsp3) is 0.812. The van der Waals surface area contributed by atoms with E-state index in [0.29, 0.717) is 17.9 Å². The van der Waals surface area contributed by atoms with Crippen LogP contribution in [-0.2, 0) is 4.79 Å². The lowest BCUT2D eigenvalue weighted by Crippen LogP contribution is -2.50. The first kappa shape index (κ1) is 15.7. The van der Waals surface area contributed by atoms with Crippen LogP contribution in [0.5, 0.6) is 0 Å². The summed E-state index contributed by atoms with van der Waals surface area (Å²) in [6.45, 7) is 6.21. The Morgan fingerprint density at radius 1 is 1.27 bits per heavy atom. The lowest BCUT2D eigenvalue weighted by atomic mass is 9.84. The zero-order valence-corrected chi connectivity index (χ0v) is 14.6. The predicted octanol–water partition coefficient (Wildman–Crippen LogP) is 2.89. The van der Waals surface area contributed by atoms with E-state index in [9.17, 15) is 4.79 Å². The number of amides is 1. The molecule has 2 aliphatic rings. The molecule has 1 atom stereocenters. The molecule has 2 fully saturated rings. The summed E-state index contributed by atoms with van der Waals surface area (Å²) in [6.07, 6.45) is 5.58. The molecular formula is C16H26N4OS. The van der Waals surface area contributed by atoms with Crippen molar-refractivity contribution in [2.75, 3.05) is 25.0 Å². The van der Waals surface area contributed by atoms with Crippen LogP contribution in [0.15, 0.2) is 0 Å². The summed E-state index contributed by atoms with van der Waals surface area (Å²) in [5, 5.41) is 10.8. The molecule has 1 aliphatic carbocycles. The lowest BCUT2D eigenvalue weighted by Gasteiger charge is -2.39. The molecule has 6 heteroatoms. The van der Waals surface area contributed by atoms with E-state index in [-0.39, 0.29) is 5.92 Å². The highest BCUT2D eigenvalue weighted by molar-refractivity contribution is 7.15. The fourth-order valence-corrected chi connectivity index (χ4v) is 4.04. The van der Waals surface area contributed by atoms with Gasteiger partial charge in [0.2, 0.25) is 11.0 Å². The molecule has 1 saturated carbocycles. The number of rotatable bonds is 4. The zero-order chi connectivity index (χ0) is 15.7. The maximum Gasteiger partial charge on any atom is 0.225 e. The van der Waals surface area contributed by atoms with Gasteiger partial charge in [0.25, 0.3) is 0 Å². The van der Waals surface area contributed by atoms with Crippen molar-refractivity contribution >= 4 is 22.4 Å². The molecule has 1 unspecified atom stereocenters. The highest BCUT2D eigenvalue weighted by Crippen LogP contribution is 2.31. The Kier molecular flexibility index (Phi) is 4.66. The first-order chi connectivity index (χ1) is 10.6. The number of piperidine rings is 1. The van der Waals surface area contributed by atoms with Gasteiger partial charge in [0.05, 0.1) is 0 Å². The molecule has 0 N–H and O–H groups in total. The number of anilines is 1. The molecule has 5 nitrogen and oxygen atoms in total. The monoisotopic (exact) mass is 322 g/mol. The number of carbonyl (C=O) groups excluding carboxylic acids is 1. The van der Waals surface area contributed by atoms with E-state index in [1.165, 1.54) is 6.42 Å². The van der Waals surface area contributed by atoms with Crippen molar-refractivity contribution in [1.29, 1.82) is 0 Å². The van der Waals surface area contributed by atoms with E-state index in [4.69, 9.17) is 0 Å². The normalized spacial score (nSPS) is 22.7. The SMILES string of the molecule is CC(C)c1nnc(N2CCCC(N(C)C(=O)C3CCC3)C2)s1. The summed E-state index contributed by atoms with van der Waals surface area (Å²) in [5.74, 6) is 1.06. The van der Waals surface area contributed by atoms with E-state index < -0.39 is 0 Å². The number of hydrogen-bond acceptors (Lipinski definition) is 5. The first-order valence-electron chi connectivity index (χ1n) is 8.41. The Morgan fingerprint density at radius 2 is 2.05 bits per heavy atom. The standard InChI is InChI=1S/C16H26N4OS/c1-11(2)14-17-18-16(22-14)20-9-5-8-13(10-20)19(3)15(21)12-6-4-7-12/h11-13H,4-10H2,1-3H3. The third kappa shape index (κ3) is 3.12. The smallest absolute Gasteiger partial charge is 0.225 e. The van der Waals surface area contributed by atoms with Gasteiger partial charge in [0.1, 0.15) is 5.01 Å². The van der Waals surface area contributed by atoms with Crippen LogP contribution in [0.1, 0.15) is 56.9 Å². The molecule has 3 rings (SSSR count). The predicted molar refractivity (Wildman–Crippen MR) is 89.3 cm³/mol. The van der Waals surface area contributed by atoms with E-state index in [1.807, 2.05) is 11.9 Å². The van der Waals surface area contributed by atoms with Crippen LogP contribution in [0.2, 0.25) is 0 Å². The Hall–Kier alpha value is -1.17. The largest absolute Gasteiger partial charge is 0.345 e. The van der Waals surface area contributed by atoms with Gasteiger partial charge in [-0.1, -0.05) is 31.6 Å². The average Bonchev–Trinajstić information content (AvgIpc) is 2.95. The summed E-state index contributed by atoms with van der Waals surface area (Å²) in [4.78, 5) is 16.8. The van der Waals surface area contributed by atoms with Crippen molar-refractivity contribution < 1.29 is 4.79 Å². The van der Waals surface area contributed by atoms with Crippen LogP contribution >= 0.6 is 11.3 Å². The average molecular weight is 322 g/mol. The van der Waals surface area contributed by atoms with Crippen LogP contribution in [0.4, 0.5) is 5.13 Å². The highest BCUT2D eigenvalue weighted by atomic mass is 32.1. The van der Waals surface area contributed by atoms with Gasteiger partial charge in [-0.2, -0.15) is 0 Å². The number of carbonyl (C=O) groups is 1. The number of likely N-dealkylation sites (N-methyl/N-ethyl adjacent to an activating group) is 1. The zero-order valence-electron chi connectivity index (χ0n) is 13.8. The topological polar surface area (TPSA) is 49.3 Å². The molecule has 1 aliphatic heterocycles. The van der Waals surface area contributed by atoms with E-state index in [2.05, 4.69) is 28.9 Å². The number of hydrogen-bond donors (Lipinski definition) is 0. The van der Waals surface area contributed by atoms with Crippen molar-refractivity contribution in [3.05, 3.63) is 5.01 Å². The van der Waals surface area contributed by atoms with Gasteiger partial charge in [-0.05, 0) is 25.7 Å². The van der Waals surface area contributed by atoms with Crippen LogP contribution in [0.25, 0.3) is 0 Å². The Labute approximate surface area is 136 Å². The third-order valence-electron chi connectivity index (χ3n) is 4.94. The number of aromatic nitrogens is 2. The molecule has 0 radical (unpaired) electrons. The van der Waals surface area contributed by atoms with Gasteiger partial charge >= 0.3 is 0 Å². The lowest BCUT2D eigenvalue weighted by molar-refractivity contribution is -0.139. The van der Waals surface area contributed by atoms with Crippen LogP contribution in [0.3, 0.4) is 0 Å². The third-order valence-corrected chi connectivity index (χ3v) is 6.23. The maximum absolute atomic E-state index is 12.4. The summed E-state index contributed by atoms with van der Waals surface area (Å²) in [5.41, 5.74) is 0. The molecular weight excluding hydrogens is 296 g/mol. The van der Waals surface area contributed by atoms with Crippen molar-refractivity contribution in [1.82, 2.24) is 15.1 Å². The van der Waals surface area contributed by atoms with Crippen molar-refractivity contribution in [2.24, 2.45) is 5.92 Å². The Balaban J connectivity index is 1.64. The fourth-order valence-electron chi connectivity index (χ4n) is 3.16. The maximum atomic E-state index is 12.4. The quantitative estimate of drug-likeness (QED) is 0.855. The Bertz CT molecular complexity index is 526. The summed E-state index contributed by atoms with van der Waals surface area (Å²) in [7, 11) is 1.98. The van der Waals surface area contributed by atoms with Crippen LogP contribution in [-0.4, -0.2) is 47.2 Å². The van der Waals surface area contributed by atoms with Crippen LogP contribution < -0.4 is 4.90 Å². The highest BCUT2D eigenvalue weighted by Gasteiger charge is 2.33. The molecule has 0 aromatic carbocycles. The van der Waals surface area contributed by atoms with Crippen molar-refractivity contribution in [2.45, 2.75) is 57.9 Å². The summed E-state index contributed by atoms with van der Waals surface area (Å²) >= 11 is 1.69. The first-order valence-corrected chi connectivity index (χ1v) is 9.23. The molecule has 1 amide bonds. The molecule has 1 aromatic rings. The van der Waals surface area contributed by atoms with Crippen molar-refractivity contribution in [3.8, 4) is 0 Å². The second-order valence-corrected chi connectivity index (χ2v) is 7.88. The summed E-state index contributed by atoms with van der Waals surface area (Å²) in [6, 6.07) is 0.313. The van der Waals surface area contributed by atoms with Gasteiger partial charge in [0.15, 0.2) is 0 Å². The minimum atomic E-state index is 0.287. The minimum absolute atomic E-state index is 0.287. The Morgan fingerprint density at radius 3 is 2.64 bits per heavy atom. The molecule has 0 bridgehead atoms. The van der Waals surface area contributed by atoms with Crippen LogP contribution in [0, 0.1) is 5.92 Å². The molecule has 1 saturated heterocycles. The van der Waals surface area contributed by atoms with Gasteiger partial charge < -0.3 is 9.80 Å². The molecule has 0 spiro atoms. The van der Waals surface area contributed by atoms with Gasteiger partial charge in [-0.15, -0.1) is 10.2 Å². The molecule has 122 valence electrons. The summed E-state index contributed by atoms with van der Waals surface area (Å²) < 4.78 is 0. The second-order valence-electron chi connectivity index (χ2n) is 6.90.